The highest BCUT2D eigenvalue weighted by Crippen LogP contribution is 2.06. The topological polar surface area (TPSA) is 82.5 Å². The lowest BCUT2D eigenvalue weighted by molar-refractivity contribution is -0.139. The second kappa shape index (κ2) is 7.47. The number of pyridine rings is 1. The van der Waals surface area contributed by atoms with Crippen LogP contribution in [0, 0.1) is 5.92 Å². The molecule has 0 radical (unpaired) electrons. The molecular weight excluding hydrogens is 258 g/mol. The monoisotopic (exact) mass is 279 g/mol. The average Bonchev–Trinajstić information content (AvgIpc) is 2.38. The number of nitrogens with zero attached hydrogens (tertiary/aromatic N) is 2. The summed E-state index contributed by atoms with van der Waals surface area (Å²) in [6.45, 7) is 4.17. The molecule has 20 heavy (non-hydrogen) atoms. The molecule has 0 aliphatic rings. The maximum absolute atomic E-state index is 12.0. The second-order valence-electron chi connectivity index (χ2n) is 5.15. The third kappa shape index (κ3) is 5.26. The van der Waals surface area contributed by atoms with Crippen LogP contribution in [0.15, 0.2) is 24.4 Å². The van der Waals surface area contributed by atoms with Gasteiger partial charge in [0.2, 0.25) is 0 Å². The van der Waals surface area contributed by atoms with Crippen LogP contribution in [-0.4, -0.2) is 40.1 Å². The van der Waals surface area contributed by atoms with E-state index in [1.54, 1.807) is 19.3 Å². The van der Waals surface area contributed by atoms with Gasteiger partial charge in [-0.3, -0.25) is 4.98 Å². The summed E-state index contributed by atoms with van der Waals surface area (Å²) in [5.41, 5.74) is 0.751. The van der Waals surface area contributed by atoms with Crippen molar-refractivity contribution in [3.05, 3.63) is 30.1 Å². The number of aromatic nitrogens is 1. The molecule has 6 nitrogen and oxygen atoms in total. The van der Waals surface area contributed by atoms with E-state index in [4.69, 9.17) is 5.11 Å². The first kappa shape index (κ1) is 15.9. The molecule has 1 aromatic heterocycles. The predicted molar refractivity (Wildman–Crippen MR) is 75.1 cm³/mol. The average molecular weight is 279 g/mol. The maximum atomic E-state index is 12.0. The van der Waals surface area contributed by atoms with Crippen LogP contribution in [0.2, 0.25) is 0 Å². The number of aliphatic carboxylic acids is 1. The number of hydrogen-bond donors (Lipinski definition) is 2. The van der Waals surface area contributed by atoms with E-state index < -0.39 is 18.0 Å². The van der Waals surface area contributed by atoms with E-state index in [0.29, 0.717) is 13.0 Å². The van der Waals surface area contributed by atoms with Gasteiger partial charge in [-0.2, -0.15) is 0 Å². The molecule has 0 saturated carbocycles. The van der Waals surface area contributed by atoms with Gasteiger partial charge in [0.05, 0.1) is 12.2 Å². The summed E-state index contributed by atoms with van der Waals surface area (Å²) in [6.07, 6.45) is 2.05. The Bertz CT molecular complexity index is 448. The molecule has 0 spiro atoms. The number of hydrogen-bond acceptors (Lipinski definition) is 3. The molecule has 1 rings (SSSR count). The van der Waals surface area contributed by atoms with Crippen molar-refractivity contribution < 1.29 is 14.7 Å². The highest BCUT2D eigenvalue weighted by atomic mass is 16.4. The fraction of sp³-hybridized carbons (Fsp3) is 0.500. The summed E-state index contributed by atoms with van der Waals surface area (Å²) < 4.78 is 0. The third-order valence-electron chi connectivity index (χ3n) is 2.77. The number of carboxylic acid groups (broad SMARTS) is 1. The lowest BCUT2D eigenvalue weighted by Gasteiger charge is -2.22. The molecule has 0 saturated heterocycles. The van der Waals surface area contributed by atoms with Crippen LogP contribution < -0.4 is 5.32 Å². The molecule has 6 heteroatoms. The molecular formula is C14H21N3O3. The van der Waals surface area contributed by atoms with Crippen molar-refractivity contribution in [2.45, 2.75) is 32.9 Å². The van der Waals surface area contributed by atoms with Crippen LogP contribution in [0.1, 0.15) is 26.0 Å². The molecule has 1 atom stereocenters. The van der Waals surface area contributed by atoms with E-state index >= 15 is 0 Å². The van der Waals surface area contributed by atoms with Gasteiger partial charge in [-0.1, -0.05) is 19.9 Å². The Balaban J connectivity index is 2.57. The fourth-order valence-corrected chi connectivity index (χ4v) is 1.76. The predicted octanol–water partition coefficient (Wildman–Crippen LogP) is 1.72. The fourth-order valence-electron chi connectivity index (χ4n) is 1.76. The zero-order valence-electron chi connectivity index (χ0n) is 12.0. The summed E-state index contributed by atoms with van der Waals surface area (Å²) in [6, 6.07) is 4.17. The Hall–Kier alpha value is -2.11. The lowest BCUT2D eigenvalue weighted by atomic mass is 10.0. The number of nitrogens with one attached hydrogen (secondary N) is 1. The first-order valence-electron chi connectivity index (χ1n) is 6.54. The largest absolute Gasteiger partial charge is 0.480 e. The third-order valence-corrected chi connectivity index (χ3v) is 2.77. The number of carbonyl (C=O) groups is 2. The van der Waals surface area contributed by atoms with Gasteiger partial charge in [0.25, 0.3) is 0 Å². The van der Waals surface area contributed by atoms with Crippen LogP contribution in [-0.2, 0) is 11.3 Å². The molecule has 0 fully saturated rings. The van der Waals surface area contributed by atoms with Crippen LogP contribution in [0.3, 0.4) is 0 Å². The van der Waals surface area contributed by atoms with Gasteiger partial charge in [0, 0.05) is 13.2 Å². The molecule has 2 amide bonds. The molecule has 0 bridgehead atoms. The molecule has 1 aromatic rings. The number of amides is 2. The van der Waals surface area contributed by atoms with Crippen LogP contribution in [0.5, 0.6) is 0 Å². The van der Waals surface area contributed by atoms with Crippen molar-refractivity contribution in [1.82, 2.24) is 15.2 Å². The van der Waals surface area contributed by atoms with E-state index in [1.165, 1.54) is 4.90 Å². The van der Waals surface area contributed by atoms with Crippen molar-refractivity contribution in [3.8, 4) is 0 Å². The van der Waals surface area contributed by atoms with E-state index in [9.17, 15) is 9.59 Å². The highest BCUT2D eigenvalue weighted by Gasteiger charge is 2.22. The van der Waals surface area contributed by atoms with Gasteiger partial charge in [0.1, 0.15) is 6.04 Å². The van der Waals surface area contributed by atoms with Crippen LogP contribution >= 0.6 is 0 Å². The van der Waals surface area contributed by atoms with Gasteiger partial charge < -0.3 is 15.3 Å². The molecule has 0 aliphatic heterocycles. The van der Waals surface area contributed by atoms with Gasteiger partial charge in [-0.05, 0) is 24.5 Å². The minimum atomic E-state index is -1.02. The summed E-state index contributed by atoms with van der Waals surface area (Å²) in [7, 11) is 1.61. The first-order valence-corrected chi connectivity index (χ1v) is 6.54. The van der Waals surface area contributed by atoms with Crippen molar-refractivity contribution >= 4 is 12.0 Å². The number of rotatable bonds is 6. The second-order valence-corrected chi connectivity index (χ2v) is 5.15. The Morgan fingerprint density at radius 2 is 2.10 bits per heavy atom. The summed E-state index contributed by atoms with van der Waals surface area (Å²) in [4.78, 5) is 28.6. The highest BCUT2D eigenvalue weighted by molar-refractivity contribution is 5.82. The quantitative estimate of drug-likeness (QED) is 0.830. The van der Waals surface area contributed by atoms with E-state index in [2.05, 4.69) is 10.3 Å². The molecule has 0 aromatic carbocycles. The van der Waals surface area contributed by atoms with Crippen molar-refractivity contribution in [1.29, 1.82) is 0 Å². The molecule has 110 valence electrons. The van der Waals surface area contributed by atoms with E-state index in [0.717, 1.165) is 5.69 Å². The zero-order valence-corrected chi connectivity index (χ0v) is 12.0. The van der Waals surface area contributed by atoms with E-state index in [-0.39, 0.29) is 5.92 Å². The Kier molecular flexibility index (Phi) is 5.96. The number of carbonyl (C=O) groups excluding carboxylic acids is 1. The summed E-state index contributed by atoms with van der Waals surface area (Å²) in [5, 5.41) is 11.6. The zero-order chi connectivity index (χ0) is 15.1. The van der Waals surface area contributed by atoms with Gasteiger partial charge in [-0.15, -0.1) is 0 Å². The summed E-state index contributed by atoms with van der Waals surface area (Å²) in [5.74, 6) is -0.823. The van der Waals surface area contributed by atoms with Gasteiger partial charge in [-0.25, -0.2) is 9.59 Å². The van der Waals surface area contributed by atoms with Crippen molar-refractivity contribution in [3.63, 3.8) is 0 Å². The minimum absolute atomic E-state index is 0.192. The van der Waals surface area contributed by atoms with Crippen molar-refractivity contribution in [2.24, 2.45) is 5.92 Å². The molecule has 2 N–H and O–H groups in total. The Labute approximate surface area is 118 Å². The number of carboxylic acids is 1. The van der Waals surface area contributed by atoms with Gasteiger partial charge >= 0.3 is 12.0 Å². The van der Waals surface area contributed by atoms with Crippen LogP contribution in [0.4, 0.5) is 4.79 Å². The normalized spacial score (nSPS) is 12.0. The maximum Gasteiger partial charge on any atom is 0.326 e. The first-order chi connectivity index (χ1) is 9.40. The standard InChI is InChI=1S/C14H21N3O3/c1-10(2)8-12(13(18)19)16-14(20)17(3)9-11-6-4-5-7-15-11/h4-7,10,12H,8-9H2,1-3H3,(H,16,20)(H,18,19). The van der Waals surface area contributed by atoms with Crippen molar-refractivity contribution in [2.75, 3.05) is 7.05 Å². The van der Waals surface area contributed by atoms with Crippen LogP contribution in [0.25, 0.3) is 0 Å². The Morgan fingerprint density at radius 3 is 2.60 bits per heavy atom. The lowest BCUT2D eigenvalue weighted by Crippen LogP contribution is -2.47. The number of urea groups is 1. The smallest absolute Gasteiger partial charge is 0.326 e. The SMILES string of the molecule is CC(C)CC(NC(=O)N(C)Cc1ccccn1)C(=O)O. The summed E-state index contributed by atoms with van der Waals surface area (Å²) >= 11 is 0. The van der Waals surface area contributed by atoms with Gasteiger partial charge in [0.15, 0.2) is 0 Å². The van der Waals surface area contributed by atoms with E-state index in [1.807, 2.05) is 26.0 Å². The molecule has 1 unspecified atom stereocenters. The Morgan fingerprint density at radius 1 is 1.40 bits per heavy atom. The molecule has 0 aliphatic carbocycles. The minimum Gasteiger partial charge on any atom is -0.480 e. The molecule has 1 heterocycles.